The summed E-state index contributed by atoms with van der Waals surface area (Å²) in [6.45, 7) is 0. The quantitative estimate of drug-likeness (QED) is 0.619. The second-order valence-electron chi connectivity index (χ2n) is 5.29. The van der Waals surface area contributed by atoms with Crippen LogP contribution in [0.3, 0.4) is 0 Å². The van der Waals surface area contributed by atoms with Crippen LogP contribution in [-0.2, 0) is 0 Å². The van der Waals surface area contributed by atoms with Gasteiger partial charge in [0, 0.05) is 29.7 Å². The summed E-state index contributed by atoms with van der Waals surface area (Å²) in [4.78, 5) is 8.34. The Balaban J connectivity index is 1.85. The minimum atomic E-state index is -0.380. The Morgan fingerprint density at radius 2 is 1.92 bits per heavy atom. The summed E-state index contributed by atoms with van der Waals surface area (Å²) in [6, 6.07) is 11.6. The van der Waals surface area contributed by atoms with Crippen molar-refractivity contribution in [2.45, 2.75) is 0 Å². The van der Waals surface area contributed by atoms with Gasteiger partial charge < -0.3 is 5.73 Å². The van der Waals surface area contributed by atoms with Gasteiger partial charge in [0.25, 0.3) is 0 Å². The highest BCUT2D eigenvalue weighted by molar-refractivity contribution is 5.76. The number of hydrogen-bond acceptors (Lipinski definition) is 6. The molecule has 0 amide bonds. The number of pyridine rings is 2. The maximum absolute atomic E-state index is 13.5. The number of anilines is 1. The lowest BCUT2D eigenvalue weighted by Crippen LogP contribution is -2.03. The highest BCUT2D eigenvalue weighted by atomic mass is 19.1. The molecule has 0 aliphatic carbocycles. The van der Waals surface area contributed by atoms with E-state index >= 15 is 0 Å². The molecule has 25 heavy (non-hydrogen) atoms. The van der Waals surface area contributed by atoms with Crippen LogP contribution < -0.4 is 5.73 Å². The summed E-state index contributed by atoms with van der Waals surface area (Å²) in [7, 11) is 0. The van der Waals surface area contributed by atoms with Gasteiger partial charge in [0.15, 0.2) is 5.82 Å². The molecule has 0 bridgehead atoms. The Kier molecular flexibility index (Phi) is 3.62. The van der Waals surface area contributed by atoms with Gasteiger partial charge >= 0.3 is 0 Å². The normalized spacial score (nSPS) is 10.8. The molecule has 0 saturated heterocycles. The van der Waals surface area contributed by atoms with Gasteiger partial charge in [-0.15, -0.1) is 5.10 Å². The fraction of sp³-hybridized carbons (Fsp3) is 0. The lowest BCUT2D eigenvalue weighted by molar-refractivity contribution is 0.625. The van der Waals surface area contributed by atoms with E-state index in [0.717, 1.165) is 11.1 Å². The lowest BCUT2D eigenvalue weighted by Gasteiger charge is -2.08. The number of nitrogens with two attached hydrogens (primary N) is 1. The lowest BCUT2D eigenvalue weighted by atomic mass is 10.1. The molecule has 122 valence electrons. The molecule has 4 rings (SSSR count). The molecule has 1 aromatic carbocycles. The predicted octanol–water partition coefficient (Wildman–Crippen LogP) is 2.51. The molecule has 3 heterocycles. The Labute approximate surface area is 142 Å². The molecule has 0 unspecified atom stereocenters. The summed E-state index contributed by atoms with van der Waals surface area (Å²) < 4.78 is 15.0. The monoisotopic (exact) mass is 333 g/mol. The third kappa shape index (κ3) is 2.80. The first-order chi connectivity index (χ1) is 12.2. The summed E-state index contributed by atoms with van der Waals surface area (Å²) in [5.41, 5.74) is 8.78. The summed E-state index contributed by atoms with van der Waals surface area (Å²) >= 11 is 0. The fourth-order valence-electron chi connectivity index (χ4n) is 2.48. The van der Waals surface area contributed by atoms with Crippen LogP contribution in [0.5, 0.6) is 0 Å². The van der Waals surface area contributed by atoms with E-state index in [1.807, 2.05) is 18.2 Å². The Morgan fingerprint density at radius 1 is 1.00 bits per heavy atom. The molecule has 0 saturated carbocycles. The number of halogens is 1. The molecule has 0 aliphatic heterocycles. The van der Waals surface area contributed by atoms with Gasteiger partial charge in [-0.2, -0.15) is 4.68 Å². The molecular formula is C17H12FN7. The molecule has 0 fully saturated rings. The van der Waals surface area contributed by atoms with Gasteiger partial charge in [0.2, 0.25) is 0 Å². The maximum Gasteiger partial charge on any atom is 0.190 e. The number of aromatic nitrogens is 6. The molecule has 0 radical (unpaired) electrons. The van der Waals surface area contributed by atoms with Crippen molar-refractivity contribution in [1.82, 2.24) is 30.2 Å². The van der Waals surface area contributed by atoms with E-state index in [0.29, 0.717) is 17.1 Å². The standard InChI is InChI=1S/C17H12FN7/c18-13-4-1-5-14(8-13)25-17(22-23-24-25)15-7-12(10-21-16(15)19)11-3-2-6-20-9-11/h1-10H,(H2,19,21). The van der Waals surface area contributed by atoms with Crippen molar-refractivity contribution in [3.63, 3.8) is 0 Å². The van der Waals surface area contributed by atoms with E-state index in [1.165, 1.54) is 16.8 Å². The van der Waals surface area contributed by atoms with Gasteiger partial charge in [-0.1, -0.05) is 12.1 Å². The number of benzene rings is 1. The van der Waals surface area contributed by atoms with Crippen LogP contribution in [0.1, 0.15) is 0 Å². The minimum Gasteiger partial charge on any atom is -0.383 e. The fourth-order valence-corrected chi connectivity index (χ4v) is 2.48. The van der Waals surface area contributed by atoms with E-state index in [2.05, 4.69) is 25.5 Å². The van der Waals surface area contributed by atoms with Crippen LogP contribution in [0.4, 0.5) is 10.2 Å². The second-order valence-corrected chi connectivity index (χ2v) is 5.29. The third-order valence-electron chi connectivity index (χ3n) is 3.68. The van der Waals surface area contributed by atoms with Gasteiger partial charge in [-0.05, 0) is 40.8 Å². The molecule has 3 aromatic heterocycles. The van der Waals surface area contributed by atoms with Crippen LogP contribution in [0.2, 0.25) is 0 Å². The molecule has 4 aromatic rings. The Bertz CT molecular complexity index is 1030. The smallest absolute Gasteiger partial charge is 0.190 e. The first kappa shape index (κ1) is 14.9. The van der Waals surface area contributed by atoms with E-state index in [-0.39, 0.29) is 11.6 Å². The van der Waals surface area contributed by atoms with Gasteiger partial charge in [0.05, 0.1) is 11.3 Å². The summed E-state index contributed by atoms with van der Waals surface area (Å²) in [6.07, 6.45) is 5.08. The zero-order valence-corrected chi connectivity index (χ0v) is 12.9. The summed E-state index contributed by atoms with van der Waals surface area (Å²) in [5, 5.41) is 11.7. The number of hydrogen-bond donors (Lipinski definition) is 1. The largest absolute Gasteiger partial charge is 0.383 e. The van der Waals surface area contributed by atoms with Crippen LogP contribution in [0.25, 0.3) is 28.2 Å². The first-order valence-corrected chi connectivity index (χ1v) is 7.43. The van der Waals surface area contributed by atoms with Crippen molar-refractivity contribution in [1.29, 1.82) is 0 Å². The second kappa shape index (κ2) is 6.08. The van der Waals surface area contributed by atoms with Crippen LogP contribution in [0.15, 0.2) is 61.1 Å². The van der Waals surface area contributed by atoms with Crippen LogP contribution >= 0.6 is 0 Å². The first-order valence-electron chi connectivity index (χ1n) is 7.43. The minimum absolute atomic E-state index is 0.278. The SMILES string of the molecule is Nc1ncc(-c2cccnc2)cc1-c1nnnn1-c1cccc(F)c1. The molecule has 0 spiro atoms. The Morgan fingerprint density at radius 3 is 2.72 bits per heavy atom. The van der Waals surface area contributed by atoms with Crippen molar-refractivity contribution in [2.24, 2.45) is 0 Å². The number of nitrogens with zero attached hydrogens (tertiary/aromatic N) is 6. The van der Waals surface area contributed by atoms with Crippen molar-refractivity contribution in [3.05, 3.63) is 66.9 Å². The third-order valence-corrected chi connectivity index (χ3v) is 3.68. The molecule has 0 aliphatic rings. The van der Waals surface area contributed by atoms with Gasteiger partial charge in [0.1, 0.15) is 11.6 Å². The predicted molar refractivity (Wildman–Crippen MR) is 90.0 cm³/mol. The molecule has 8 heteroatoms. The topological polar surface area (TPSA) is 95.4 Å². The highest BCUT2D eigenvalue weighted by Gasteiger charge is 2.16. The molecular weight excluding hydrogens is 321 g/mol. The van der Waals surface area contributed by atoms with Gasteiger partial charge in [-0.25, -0.2) is 9.37 Å². The maximum atomic E-state index is 13.5. The van der Waals surface area contributed by atoms with Crippen molar-refractivity contribution in [3.8, 4) is 28.2 Å². The zero-order chi connectivity index (χ0) is 17.2. The Hall–Kier alpha value is -3.68. The van der Waals surface area contributed by atoms with Crippen LogP contribution in [0, 0.1) is 5.82 Å². The summed E-state index contributed by atoms with van der Waals surface area (Å²) in [5.74, 6) is 0.274. The zero-order valence-electron chi connectivity index (χ0n) is 12.9. The average molecular weight is 333 g/mol. The van der Waals surface area contributed by atoms with E-state index in [9.17, 15) is 4.39 Å². The van der Waals surface area contributed by atoms with E-state index in [4.69, 9.17) is 5.73 Å². The van der Waals surface area contributed by atoms with E-state index < -0.39 is 0 Å². The molecule has 2 N–H and O–H groups in total. The number of tetrazole rings is 1. The average Bonchev–Trinajstić information content (AvgIpc) is 3.12. The molecule has 0 atom stereocenters. The van der Waals surface area contributed by atoms with Crippen LogP contribution in [-0.4, -0.2) is 30.2 Å². The van der Waals surface area contributed by atoms with Crippen molar-refractivity contribution < 1.29 is 4.39 Å². The number of nitrogen functional groups attached to an aromatic ring is 1. The van der Waals surface area contributed by atoms with Crippen molar-refractivity contribution >= 4 is 5.82 Å². The molecule has 7 nitrogen and oxygen atoms in total. The highest BCUT2D eigenvalue weighted by Crippen LogP contribution is 2.28. The van der Waals surface area contributed by atoms with Crippen molar-refractivity contribution in [2.75, 3.05) is 5.73 Å². The van der Waals surface area contributed by atoms with Gasteiger partial charge in [-0.3, -0.25) is 4.98 Å². The number of rotatable bonds is 3. The van der Waals surface area contributed by atoms with E-state index in [1.54, 1.807) is 30.7 Å².